The zero-order valence-corrected chi connectivity index (χ0v) is 28.6. The molecule has 3 amide bonds. The summed E-state index contributed by atoms with van der Waals surface area (Å²) in [5.74, 6) is -1.71. The molecule has 0 spiro atoms. The number of urea groups is 1. The molecule has 3 aromatic rings. The first kappa shape index (κ1) is 34.5. The molecule has 0 bridgehead atoms. The van der Waals surface area contributed by atoms with E-state index in [9.17, 15) is 14.4 Å². The maximum atomic E-state index is 16.0. The lowest BCUT2D eigenvalue weighted by atomic mass is 10.0. The molecule has 1 saturated carbocycles. The predicted octanol–water partition coefficient (Wildman–Crippen LogP) is 5.52. The Morgan fingerprint density at radius 3 is 2.55 bits per heavy atom. The lowest BCUT2D eigenvalue weighted by Gasteiger charge is -2.34. The number of rotatable bonds is 14. The highest BCUT2D eigenvalue weighted by atomic mass is 32.1. The highest BCUT2D eigenvalue weighted by molar-refractivity contribution is 7.22. The standard InChI is InChI=1S/C36H43FN6O5S/c1-47-33(45)10-5-3-2-4-9-32(44)43-20-18-42(19-21-43)24-25-11-14-27(39-23-25)30-22-28-34(49-30)29(15-17-38-28)48-31-8-6-7-16-36(31,37)41-35(46)40-26-12-13-26/h6-8,11,14-17,22-23,26,31H,2-5,9-10,12-13,18-21,24H2,1H3,(H2,40,41,46). The number of carbonyl (C=O) groups is 3. The number of nitrogens with one attached hydrogen (secondary N) is 2. The van der Waals surface area contributed by atoms with Crippen LogP contribution in [-0.4, -0.2) is 88.9 Å². The van der Waals surface area contributed by atoms with Gasteiger partial charge in [-0.3, -0.25) is 29.8 Å². The number of esters is 1. The van der Waals surface area contributed by atoms with Crippen LogP contribution in [-0.2, 0) is 20.9 Å². The molecule has 3 aromatic heterocycles. The fourth-order valence-corrected chi connectivity index (χ4v) is 7.01. The summed E-state index contributed by atoms with van der Waals surface area (Å²) in [7, 11) is 1.40. The molecule has 49 heavy (non-hydrogen) atoms. The van der Waals surface area contributed by atoms with Crippen molar-refractivity contribution in [2.24, 2.45) is 0 Å². The van der Waals surface area contributed by atoms with Crippen LogP contribution in [0.4, 0.5) is 9.18 Å². The molecular formula is C36H43FN6O5S. The quantitative estimate of drug-likeness (QED) is 0.129. The van der Waals surface area contributed by atoms with E-state index in [2.05, 4.69) is 31.3 Å². The minimum atomic E-state index is -2.21. The van der Waals surface area contributed by atoms with Gasteiger partial charge in [-0.15, -0.1) is 11.3 Å². The molecule has 0 aromatic carbocycles. The number of amides is 3. The van der Waals surface area contributed by atoms with Crippen molar-refractivity contribution in [2.75, 3.05) is 33.3 Å². The molecule has 13 heteroatoms. The molecule has 11 nitrogen and oxygen atoms in total. The van der Waals surface area contributed by atoms with E-state index in [1.54, 1.807) is 30.5 Å². The minimum absolute atomic E-state index is 0.102. The van der Waals surface area contributed by atoms with Crippen molar-refractivity contribution < 1.29 is 28.2 Å². The first-order valence-electron chi connectivity index (χ1n) is 17.0. The Morgan fingerprint density at radius 2 is 1.82 bits per heavy atom. The second kappa shape index (κ2) is 15.9. The van der Waals surface area contributed by atoms with Gasteiger partial charge in [-0.25, -0.2) is 9.18 Å². The fraction of sp³-hybridized carbons (Fsp3) is 0.472. The summed E-state index contributed by atoms with van der Waals surface area (Å²) >= 11 is 1.47. The SMILES string of the molecule is COC(=O)CCCCCCC(=O)N1CCN(Cc2ccc(-c3cc4nccc(OC5C=CC=CC5(F)NC(=O)NC5CC5)c4s3)nc2)CC1. The van der Waals surface area contributed by atoms with Crippen LogP contribution in [0.25, 0.3) is 20.8 Å². The van der Waals surface area contributed by atoms with Crippen molar-refractivity contribution in [3.05, 3.63) is 66.5 Å². The Hall–Kier alpha value is -4.36. The van der Waals surface area contributed by atoms with Gasteiger partial charge in [0.05, 0.1) is 27.9 Å². The van der Waals surface area contributed by atoms with Crippen molar-refractivity contribution in [3.63, 3.8) is 0 Å². The third-order valence-electron chi connectivity index (χ3n) is 8.95. The van der Waals surface area contributed by atoms with Crippen LogP contribution in [0, 0.1) is 0 Å². The number of halogens is 1. The monoisotopic (exact) mass is 690 g/mol. The number of fused-ring (bicyclic) bond motifs is 1. The number of piperazine rings is 1. The molecule has 4 heterocycles. The van der Waals surface area contributed by atoms with E-state index in [1.165, 1.54) is 24.5 Å². The van der Waals surface area contributed by atoms with Crippen molar-refractivity contribution >= 4 is 39.5 Å². The summed E-state index contributed by atoms with van der Waals surface area (Å²) in [5, 5.41) is 5.20. The molecule has 260 valence electrons. The second-order valence-corrected chi connectivity index (χ2v) is 13.8. The van der Waals surface area contributed by atoms with Gasteiger partial charge in [0.15, 0.2) is 6.10 Å². The number of ether oxygens (including phenoxy) is 2. The summed E-state index contributed by atoms with van der Waals surface area (Å²) in [6.07, 6.45) is 14.9. The van der Waals surface area contributed by atoms with Crippen molar-refractivity contribution in [2.45, 2.75) is 75.8 Å². The average molecular weight is 691 g/mol. The van der Waals surface area contributed by atoms with Crippen molar-refractivity contribution in [1.82, 2.24) is 30.4 Å². The molecule has 3 aliphatic rings. The largest absolute Gasteiger partial charge is 0.479 e. The summed E-state index contributed by atoms with van der Waals surface area (Å²) in [6, 6.07) is 7.27. The lowest BCUT2D eigenvalue weighted by molar-refractivity contribution is -0.140. The average Bonchev–Trinajstić information content (AvgIpc) is 3.80. The molecule has 2 N–H and O–H groups in total. The maximum Gasteiger partial charge on any atom is 0.317 e. The molecular weight excluding hydrogens is 647 g/mol. The summed E-state index contributed by atoms with van der Waals surface area (Å²) in [4.78, 5) is 50.7. The van der Waals surface area contributed by atoms with Crippen LogP contribution in [0.5, 0.6) is 5.75 Å². The van der Waals surface area contributed by atoms with Gasteiger partial charge < -0.3 is 19.7 Å². The minimum Gasteiger partial charge on any atom is -0.479 e. The molecule has 2 atom stereocenters. The zero-order valence-electron chi connectivity index (χ0n) is 27.7. The zero-order chi connectivity index (χ0) is 34.2. The van der Waals surface area contributed by atoms with Crippen molar-refractivity contribution in [3.8, 4) is 16.3 Å². The molecule has 0 radical (unpaired) electrons. The number of nitrogens with zero attached hydrogens (tertiary/aromatic N) is 4. The van der Waals surface area contributed by atoms with E-state index in [4.69, 9.17) is 9.72 Å². The second-order valence-electron chi connectivity index (χ2n) is 12.8. The van der Waals surface area contributed by atoms with E-state index >= 15 is 4.39 Å². The Labute approximate surface area is 289 Å². The number of methoxy groups -OCH3 is 1. The highest BCUT2D eigenvalue weighted by Crippen LogP contribution is 2.38. The topological polar surface area (TPSA) is 126 Å². The van der Waals surface area contributed by atoms with Gasteiger partial charge in [0.25, 0.3) is 0 Å². The van der Waals surface area contributed by atoms with Crippen LogP contribution in [0.15, 0.2) is 61.0 Å². The van der Waals surface area contributed by atoms with Crippen LogP contribution < -0.4 is 15.4 Å². The number of alkyl halides is 1. The third kappa shape index (κ3) is 9.21. The third-order valence-corrected chi connectivity index (χ3v) is 10.1. The van der Waals surface area contributed by atoms with E-state index < -0.39 is 17.9 Å². The smallest absolute Gasteiger partial charge is 0.317 e. The predicted molar refractivity (Wildman–Crippen MR) is 186 cm³/mol. The number of thiophene rings is 1. The normalized spacial score (nSPS) is 20.7. The number of hydrogen-bond acceptors (Lipinski definition) is 9. The fourth-order valence-electron chi connectivity index (χ4n) is 5.96. The van der Waals surface area contributed by atoms with Gasteiger partial charge in [-0.1, -0.05) is 31.1 Å². The first-order chi connectivity index (χ1) is 23.8. The van der Waals surface area contributed by atoms with Gasteiger partial charge in [-0.05, 0) is 55.5 Å². The van der Waals surface area contributed by atoms with Gasteiger partial charge in [0.1, 0.15) is 5.75 Å². The number of allylic oxidation sites excluding steroid dienone is 2. The molecule has 6 rings (SSSR count). The summed E-state index contributed by atoms with van der Waals surface area (Å²) in [5.41, 5.74) is 2.61. The van der Waals surface area contributed by atoms with Gasteiger partial charge in [-0.2, -0.15) is 0 Å². The first-order valence-corrected chi connectivity index (χ1v) is 17.8. The number of aromatic nitrogens is 2. The molecule has 1 saturated heterocycles. The van der Waals surface area contributed by atoms with E-state index in [1.807, 2.05) is 23.2 Å². The highest BCUT2D eigenvalue weighted by Gasteiger charge is 2.41. The van der Waals surface area contributed by atoms with Gasteiger partial charge in [0, 0.05) is 70.1 Å². The van der Waals surface area contributed by atoms with Crippen LogP contribution >= 0.6 is 11.3 Å². The van der Waals surface area contributed by atoms with Crippen molar-refractivity contribution in [1.29, 1.82) is 0 Å². The Morgan fingerprint density at radius 1 is 1.02 bits per heavy atom. The number of hydrogen-bond donors (Lipinski definition) is 2. The number of carbonyl (C=O) groups excluding carboxylic acids is 3. The van der Waals surface area contributed by atoms with E-state index in [-0.39, 0.29) is 17.9 Å². The van der Waals surface area contributed by atoms with Crippen LogP contribution in [0.3, 0.4) is 0 Å². The lowest BCUT2D eigenvalue weighted by Crippen LogP contribution is -2.57. The summed E-state index contributed by atoms with van der Waals surface area (Å²) < 4.78 is 27.6. The van der Waals surface area contributed by atoms with E-state index in [0.717, 1.165) is 79.0 Å². The Balaban J connectivity index is 0.997. The van der Waals surface area contributed by atoms with Crippen LogP contribution in [0.1, 0.15) is 56.9 Å². The molecule has 2 fully saturated rings. The molecule has 2 unspecified atom stereocenters. The van der Waals surface area contributed by atoms with Gasteiger partial charge >= 0.3 is 12.0 Å². The molecule has 1 aliphatic heterocycles. The van der Waals surface area contributed by atoms with E-state index in [0.29, 0.717) is 37.2 Å². The number of unbranched alkanes of at least 4 members (excludes halogenated alkanes) is 3. The maximum absolute atomic E-state index is 16.0. The van der Waals surface area contributed by atoms with Crippen LogP contribution in [0.2, 0.25) is 0 Å². The summed E-state index contributed by atoms with van der Waals surface area (Å²) in [6.45, 7) is 3.80. The molecule has 2 aliphatic carbocycles. The Kier molecular flexibility index (Phi) is 11.2. The van der Waals surface area contributed by atoms with Gasteiger partial charge in [0.2, 0.25) is 11.7 Å². The Bertz CT molecular complexity index is 1680. The number of pyridine rings is 2.